The van der Waals surface area contributed by atoms with Crippen molar-refractivity contribution in [2.75, 3.05) is 26.2 Å². The van der Waals surface area contributed by atoms with Crippen LogP contribution in [0.4, 0.5) is 0 Å². The summed E-state index contributed by atoms with van der Waals surface area (Å²) in [7, 11) is 0. The fourth-order valence-corrected chi connectivity index (χ4v) is 4.77. The van der Waals surface area contributed by atoms with E-state index >= 15 is 0 Å². The molecule has 2 aliphatic rings. The molecule has 1 aromatic heterocycles. The Bertz CT molecular complexity index is 704. The fourth-order valence-electron chi connectivity index (χ4n) is 3.60. The monoisotopic (exact) mass is 375 g/mol. The molecule has 1 saturated heterocycles. The van der Waals surface area contributed by atoms with Crippen molar-refractivity contribution in [2.45, 2.75) is 38.6 Å². The number of hydrogen-bond acceptors (Lipinski definition) is 4. The van der Waals surface area contributed by atoms with E-state index in [-0.39, 0.29) is 30.3 Å². The molecule has 1 aliphatic carbocycles. The van der Waals surface area contributed by atoms with E-state index < -0.39 is 0 Å². The molecule has 26 heavy (non-hydrogen) atoms. The van der Waals surface area contributed by atoms with E-state index in [4.69, 9.17) is 0 Å². The zero-order chi connectivity index (χ0) is 18.7. The highest BCUT2D eigenvalue weighted by Gasteiger charge is 2.29. The second kappa shape index (κ2) is 8.03. The first-order valence-corrected chi connectivity index (χ1v) is 9.92. The van der Waals surface area contributed by atoms with Crippen LogP contribution in [0.25, 0.3) is 0 Å². The first-order valence-electron chi connectivity index (χ1n) is 9.10. The van der Waals surface area contributed by atoms with Crippen molar-refractivity contribution >= 4 is 29.1 Å². The van der Waals surface area contributed by atoms with Crippen LogP contribution in [0.15, 0.2) is 18.7 Å². The fraction of sp³-hybridized carbons (Fsp3) is 0.526. The van der Waals surface area contributed by atoms with Gasteiger partial charge in [-0.05, 0) is 50.3 Å². The first kappa shape index (κ1) is 18.6. The predicted molar refractivity (Wildman–Crippen MR) is 101 cm³/mol. The molecular weight excluding hydrogens is 350 g/mol. The van der Waals surface area contributed by atoms with Crippen molar-refractivity contribution in [1.82, 2.24) is 15.1 Å². The Morgan fingerprint density at radius 1 is 1.31 bits per heavy atom. The van der Waals surface area contributed by atoms with Crippen LogP contribution in [0.5, 0.6) is 0 Å². The molecule has 6 nitrogen and oxygen atoms in total. The SMILES string of the molecule is C=CC(=O)N1CCN(C(=O)CNC(=O)c2cc3c(s2)CCCC3)[C@@H](C)C1. The molecule has 1 aromatic rings. The molecule has 2 heterocycles. The van der Waals surface area contributed by atoms with E-state index in [0.717, 1.165) is 12.8 Å². The zero-order valence-corrected chi connectivity index (χ0v) is 15.9. The van der Waals surface area contributed by atoms with Crippen molar-refractivity contribution in [3.63, 3.8) is 0 Å². The van der Waals surface area contributed by atoms with Crippen LogP contribution in [0, 0.1) is 0 Å². The minimum atomic E-state index is -0.175. The topological polar surface area (TPSA) is 69.7 Å². The molecule has 0 saturated carbocycles. The van der Waals surface area contributed by atoms with Crippen LogP contribution in [0.2, 0.25) is 0 Å². The molecule has 0 aromatic carbocycles. The maximum absolute atomic E-state index is 12.5. The van der Waals surface area contributed by atoms with Gasteiger partial charge in [-0.25, -0.2) is 0 Å². The summed E-state index contributed by atoms with van der Waals surface area (Å²) in [5.41, 5.74) is 1.29. The van der Waals surface area contributed by atoms with Crippen LogP contribution in [-0.2, 0) is 22.4 Å². The van der Waals surface area contributed by atoms with E-state index in [2.05, 4.69) is 11.9 Å². The molecule has 1 aliphatic heterocycles. The molecule has 0 radical (unpaired) electrons. The second-order valence-corrected chi connectivity index (χ2v) is 8.01. The number of carbonyl (C=O) groups excluding carboxylic acids is 3. The molecular formula is C19H25N3O3S. The number of aryl methyl sites for hydroxylation is 2. The Morgan fingerprint density at radius 2 is 2.08 bits per heavy atom. The third-order valence-electron chi connectivity index (χ3n) is 5.05. The number of hydrogen-bond donors (Lipinski definition) is 1. The largest absolute Gasteiger partial charge is 0.342 e. The van der Waals surface area contributed by atoms with Crippen molar-refractivity contribution in [3.05, 3.63) is 34.0 Å². The second-order valence-electron chi connectivity index (χ2n) is 6.87. The lowest BCUT2D eigenvalue weighted by atomic mass is 9.99. The average Bonchev–Trinajstić information content (AvgIpc) is 3.09. The third-order valence-corrected chi connectivity index (χ3v) is 6.29. The highest BCUT2D eigenvalue weighted by atomic mass is 32.1. The van der Waals surface area contributed by atoms with Gasteiger partial charge in [-0.2, -0.15) is 0 Å². The molecule has 140 valence electrons. The Balaban J connectivity index is 1.52. The van der Waals surface area contributed by atoms with Gasteiger partial charge in [-0.1, -0.05) is 6.58 Å². The molecule has 7 heteroatoms. The molecule has 0 spiro atoms. The van der Waals surface area contributed by atoms with Gasteiger partial charge in [0.2, 0.25) is 11.8 Å². The van der Waals surface area contributed by atoms with E-state index in [1.54, 1.807) is 21.1 Å². The maximum atomic E-state index is 12.5. The minimum Gasteiger partial charge on any atom is -0.342 e. The average molecular weight is 375 g/mol. The van der Waals surface area contributed by atoms with Crippen LogP contribution >= 0.6 is 11.3 Å². The maximum Gasteiger partial charge on any atom is 0.261 e. The number of carbonyl (C=O) groups is 3. The van der Waals surface area contributed by atoms with Gasteiger partial charge >= 0.3 is 0 Å². The van der Waals surface area contributed by atoms with Crippen LogP contribution in [0.3, 0.4) is 0 Å². The third kappa shape index (κ3) is 3.98. The number of thiophene rings is 1. The molecule has 1 N–H and O–H groups in total. The van der Waals surface area contributed by atoms with Gasteiger partial charge in [0.15, 0.2) is 0 Å². The summed E-state index contributed by atoms with van der Waals surface area (Å²) in [6.45, 7) is 6.85. The van der Waals surface area contributed by atoms with Crippen molar-refractivity contribution in [2.24, 2.45) is 0 Å². The normalized spacial score (nSPS) is 19.7. The molecule has 1 atom stereocenters. The molecule has 0 unspecified atom stereocenters. The predicted octanol–water partition coefficient (Wildman–Crippen LogP) is 1.60. The lowest BCUT2D eigenvalue weighted by molar-refractivity contribution is -0.139. The van der Waals surface area contributed by atoms with Gasteiger partial charge in [0.1, 0.15) is 0 Å². The molecule has 3 amide bonds. The van der Waals surface area contributed by atoms with Gasteiger partial charge in [0.05, 0.1) is 11.4 Å². The number of nitrogens with zero attached hydrogens (tertiary/aromatic N) is 2. The number of piperazine rings is 1. The number of rotatable bonds is 4. The molecule has 3 rings (SSSR count). The standard InChI is InChI=1S/C19H25N3O3S/c1-3-17(23)21-8-9-22(13(2)12-21)18(24)11-20-19(25)16-10-14-6-4-5-7-15(14)26-16/h3,10,13H,1,4-9,11-12H2,2H3,(H,20,25)/t13-/m0/s1. The quantitative estimate of drug-likeness (QED) is 0.813. The van der Waals surface area contributed by atoms with Crippen molar-refractivity contribution in [1.29, 1.82) is 0 Å². The van der Waals surface area contributed by atoms with Gasteiger partial charge in [0, 0.05) is 30.6 Å². The van der Waals surface area contributed by atoms with Gasteiger partial charge in [-0.15, -0.1) is 11.3 Å². The summed E-state index contributed by atoms with van der Waals surface area (Å²) < 4.78 is 0. The summed E-state index contributed by atoms with van der Waals surface area (Å²) >= 11 is 1.55. The number of nitrogens with one attached hydrogen (secondary N) is 1. The van der Waals surface area contributed by atoms with E-state index in [1.807, 2.05) is 13.0 Å². The Labute approximate surface area is 157 Å². The number of amides is 3. The van der Waals surface area contributed by atoms with Crippen LogP contribution in [-0.4, -0.2) is 59.7 Å². The smallest absolute Gasteiger partial charge is 0.261 e. The zero-order valence-electron chi connectivity index (χ0n) is 15.1. The van der Waals surface area contributed by atoms with E-state index in [9.17, 15) is 14.4 Å². The highest BCUT2D eigenvalue weighted by Crippen LogP contribution is 2.29. The first-order chi connectivity index (χ1) is 12.5. The Kier molecular flexibility index (Phi) is 5.76. The van der Waals surface area contributed by atoms with Gasteiger partial charge in [-0.3, -0.25) is 14.4 Å². The lowest BCUT2D eigenvalue weighted by Crippen LogP contribution is -2.56. The summed E-state index contributed by atoms with van der Waals surface area (Å²) in [6.07, 6.45) is 5.76. The summed E-state index contributed by atoms with van der Waals surface area (Å²) in [5, 5.41) is 2.75. The highest BCUT2D eigenvalue weighted by molar-refractivity contribution is 7.14. The molecule has 1 fully saturated rings. The van der Waals surface area contributed by atoms with Crippen LogP contribution < -0.4 is 5.32 Å². The summed E-state index contributed by atoms with van der Waals surface area (Å²) in [5.74, 6) is -0.400. The Hall–Kier alpha value is -2.15. The Morgan fingerprint density at radius 3 is 2.77 bits per heavy atom. The minimum absolute atomic E-state index is 0.0128. The summed E-state index contributed by atoms with van der Waals surface area (Å²) in [4.78, 5) is 42.0. The van der Waals surface area contributed by atoms with E-state index in [0.29, 0.717) is 24.5 Å². The van der Waals surface area contributed by atoms with Gasteiger partial charge < -0.3 is 15.1 Å². The van der Waals surface area contributed by atoms with Crippen LogP contribution in [0.1, 0.15) is 39.9 Å². The van der Waals surface area contributed by atoms with Gasteiger partial charge in [0.25, 0.3) is 5.91 Å². The lowest BCUT2D eigenvalue weighted by Gasteiger charge is -2.39. The van der Waals surface area contributed by atoms with E-state index in [1.165, 1.54) is 29.4 Å². The number of fused-ring (bicyclic) bond motifs is 1. The molecule has 0 bridgehead atoms. The van der Waals surface area contributed by atoms with Crippen molar-refractivity contribution in [3.8, 4) is 0 Å². The summed E-state index contributed by atoms with van der Waals surface area (Å²) in [6, 6.07) is 1.90. The van der Waals surface area contributed by atoms with Crippen molar-refractivity contribution < 1.29 is 14.4 Å².